The van der Waals surface area contributed by atoms with Crippen LogP contribution in [0.1, 0.15) is 27.5 Å². The van der Waals surface area contributed by atoms with Gasteiger partial charge in [-0.15, -0.1) is 0 Å². The van der Waals surface area contributed by atoms with Gasteiger partial charge in [0.25, 0.3) is 0 Å². The van der Waals surface area contributed by atoms with E-state index in [2.05, 4.69) is 0 Å². The molecule has 0 heterocycles. The molecule has 9 heteroatoms. The van der Waals surface area contributed by atoms with Crippen molar-refractivity contribution < 1.29 is 27.5 Å². The molecule has 3 aromatic carbocycles. The topological polar surface area (TPSA) is 116 Å². The standard InChI is InChI=1S/C24H24N2O6S/c1-31-20-12-14-21(15-13-20)33(29,30)26(22(23(25)27)18-6-4-3-5-7-18)16-17-8-10-19(11-9-17)24(28)32-2/h3-15,22H,16H2,1-2H3,(H2,25,27)/t22-/m1/s1. The van der Waals surface area contributed by atoms with Gasteiger partial charge in [0.2, 0.25) is 15.9 Å². The van der Waals surface area contributed by atoms with E-state index in [4.69, 9.17) is 15.2 Å². The highest BCUT2D eigenvalue weighted by Crippen LogP contribution is 2.30. The first-order valence-electron chi connectivity index (χ1n) is 9.95. The molecule has 1 amide bonds. The average Bonchev–Trinajstić information content (AvgIpc) is 2.84. The van der Waals surface area contributed by atoms with Crippen LogP contribution in [-0.2, 0) is 26.1 Å². The van der Waals surface area contributed by atoms with Gasteiger partial charge in [-0.25, -0.2) is 13.2 Å². The number of carbonyl (C=O) groups is 2. The summed E-state index contributed by atoms with van der Waals surface area (Å²) in [5.41, 5.74) is 7.01. The zero-order valence-electron chi connectivity index (χ0n) is 18.2. The summed E-state index contributed by atoms with van der Waals surface area (Å²) in [6.07, 6.45) is 0. The van der Waals surface area contributed by atoms with E-state index < -0.39 is 27.9 Å². The molecule has 0 spiro atoms. The van der Waals surface area contributed by atoms with Crippen molar-refractivity contribution in [2.75, 3.05) is 14.2 Å². The number of carbonyl (C=O) groups excluding carboxylic acids is 2. The molecule has 1 atom stereocenters. The molecule has 0 aromatic heterocycles. The maximum Gasteiger partial charge on any atom is 0.337 e. The molecule has 0 unspecified atom stereocenters. The second-order valence-corrected chi connectivity index (χ2v) is 9.02. The number of ether oxygens (including phenoxy) is 2. The summed E-state index contributed by atoms with van der Waals surface area (Å²) in [7, 11) is -1.41. The molecule has 0 aliphatic heterocycles. The highest BCUT2D eigenvalue weighted by molar-refractivity contribution is 7.89. The first kappa shape index (κ1) is 24.0. The Kier molecular flexibility index (Phi) is 7.47. The van der Waals surface area contributed by atoms with Crippen molar-refractivity contribution in [3.05, 3.63) is 95.6 Å². The molecule has 0 saturated heterocycles. The van der Waals surface area contributed by atoms with Crippen LogP contribution < -0.4 is 10.5 Å². The summed E-state index contributed by atoms with van der Waals surface area (Å²) >= 11 is 0. The minimum Gasteiger partial charge on any atom is -0.497 e. The predicted octanol–water partition coefficient (Wildman–Crippen LogP) is 2.90. The second kappa shape index (κ2) is 10.3. The Labute approximate surface area is 192 Å². The first-order chi connectivity index (χ1) is 15.8. The Morgan fingerprint density at radius 2 is 1.52 bits per heavy atom. The SMILES string of the molecule is COC(=O)c1ccc(CN([C@@H](C(N)=O)c2ccccc2)S(=O)(=O)c2ccc(OC)cc2)cc1. The summed E-state index contributed by atoms with van der Waals surface area (Å²) in [6, 6.07) is 19.3. The minimum absolute atomic E-state index is 0.0170. The summed E-state index contributed by atoms with van der Waals surface area (Å²) in [4.78, 5) is 24.2. The van der Waals surface area contributed by atoms with Crippen LogP contribution in [0.5, 0.6) is 5.75 Å². The van der Waals surface area contributed by atoms with E-state index in [0.29, 0.717) is 22.4 Å². The van der Waals surface area contributed by atoms with Gasteiger partial charge in [0.1, 0.15) is 11.8 Å². The van der Waals surface area contributed by atoms with Gasteiger partial charge in [-0.05, 0) is 47.5 Å². The number of nitrogens with zero attached hydrogens (tertiary/aromatic N) is 1. The lowest BCUT2D eigenvalue weighted by molar-refractivity contribution is -0.122. The molecule has 0 radical (unpaired) electrons. The van der Waals surface area contributed by atoms with Gasteiger partial charge >= 0.3 is 5.97 Å². The maximum absolute atomic E-state index is 13.7. The molecular weight excluding hydrogens is 444 g/mol. The molecule has 3 aromatic rings. The molecule has 0 aliphatic rings. The fourth-order valence-corrected chi connectivity index (χ4v) is 4.92. The van der Waals surface area contributed by atoms with E-state index in [1.54, 1.807) is 42.5 Å². The molecule has 2 N–H and O–H groups in total. The van der Waals surface area contributed by atoms with E-state index in [1.165, 1.54) is 50.6 Å². The number of methoxy groups -OCH3 is 2. The number of esters is 1. The summed E-state index contributed by atoms with van der Waals surface area (Å²) in [6.45, 7) is -0.154. The molecule has 0 bridgehead atoms. The monoisotopic (exact) mass is 468 g/mol. The van der Waals surface area contributed by atoms with E-state index in [0.717, 1.165) is 4.31 Å². The van der Waals surface area contributed by atoms with Crippen LogP contribution in [0.4, 0.5) is 0 Å². The number of hydrogen-bond donors (Lipinski definition) is 1. The van der Waals surface area contributed by atoms with Crippen LogP contribution in [-0.4, -0.2) is 38.8 Å². The smallest absolute Gasteiger partial charge is 0.337 e. The van der Waals surface area contributed by atoms with Gasteiger partial charge in [0, 0.05) is 6.54 Å². The van der Waals surface area contributed by atoms with Gasteiger partial charge in [0.15, 0.2) is 0 Å². The summed E-state index contributed by atoms with van der Waals surface area (Å²) < 4.78 is 38.2. The van der Waals surface area contributed by atoms with Crippen molar-refractivity contribution >= 4 is 21.9 Å². The third kappa shape index (κ3) is 5.39. The van der Waals surface area contributed by atoms with Gasteiger partial charge in [-0.3, -0.25) is 4.79 Å². The van der Waals surface area contributed by atoms with Crippen LogP contribution >= 0.6 is 0 Å². The normalized spacial score (nSPS) is 12.2. The number of primary amides is 1. The number of rotatable bonds is 9. The zero-order chi connectivity index (χ0) is 24.0. The number of hydrogen-bond acceptors (Lipinski definition) is 6. The van der Waals surface area contributed by atoms with Crippen LogP contribution in [0, 0.1) is 0 Å². The Balaban J connectivity index is 2.08. The molecule has 0 fully saturated rings. The maximum atomic E-state index is 13.7. The van der Waals surface area contributed by atoms with Crippen molar-refractivity contribution in [1.29, 1.82) is 0 Å². The molecular formula is C24H24N2O6S. The van der Waals surface area contributed by atoms with E-state index in [1.807, 2.05) is 0 Å². The van der Waals surface area contributed by atoms with Crippen LogP contribution in [0.25, 0.3) is 0 Å². The lowest BCUT2D eigenvalue weighted by Crippen LogP contribution is -2.41. The lowest BCUT2D eigenvalue weighted by Gasteiger charge is -2.29. The van der Waals surface area contributed by atoms with Crippen molar-refractivity contribution in [2.45, 2.75) is 17.5 Å². The summed E-state index contributed by atoms with van der Waals surface area (Å²) in [5, 5.41) is 0. The Morgan fingerprint density at radius 3 is 2.03 bits per heavy atom. The minimum atomic E-state index is -4.16. The van der Waals surface area contributed by atoms with Crippen LogP contribution in [0.2, 0.25) is 0 Å². The van der Waals surface area contributed by atoms with Gasteiger partial charge in [-0.1, -0.05) is 42.5 Å². The lowest BCUT2D eigenvalue weighted by atomic mass is 10.1. The predicted molar refractivity (Wildman–Crippen MR) is 122 cm³/mol. The van der Waals surface area contributed by atoms with Crippen LogP contribution in [0.15, 0.2) is 83.8 Å². The van der Waals surface area contributed by atoms with Crippen molar-refractivity contribution in [3.63, 3.8) is 0 Å². The number of nitrogens with two attached hydrogens (primary N) is 1. The highest BCUT2D eigenvalue weighted by atomic mass is 32.2. The number of sulfonamides is 1. The molecule has 0 aliphatic carbocycles. The molecule has 33 heavy (non-hydrogen) atoms. The van der Waals surface area contributed by atoms with E-state index in [-0.39, 0.29) is 11.4 Å². The summed E-state index contributed by atoms with van der Waals surface area (Å²) in [5.74, 6) is -0.832. The van der Waals surface area contributed by atoms with Gasteiger partial charge in [0.05, 0.1) is 24.7 Å². The number of amides is 1. The fourth-order valence-electron chi connectivity index (χ4n) is 3.35. The highest BCUT2D eigenvalue weighted by Gasteiger charge is 2.36. The molecule has 0 saturated carbocycles. The zero-order valence-corrected chi connectivity index (χ0v) is 19.0. The van der Waals surface area contributed by atoms with Crippen molar-refractivity contribution in [1.82, 2.24) is 4.31 Å². The van der Waals surface area contributed by atoms with E-state index in [9.17, 15) is 18.0 Å². The van der Waals surface area contributed by atoms with Gasteiger partial charge in [-0.2, -0.15) is 4.31 Å². The molecule has 172 valence electrons. The Bertz CT molecular complexity index is 1210. The van der Waals surface area contributed by atoms with Crippen LogP contribution in [0.3, 0.4) is 0 Å². The molecule has 3 rings (SSSR count). The van der Waals surface area contributed by atoms with Gasteiger partial charge < -0.3 is 15.2 Å². The first-order valence-corrected chi connectivity index (χ1v) is 11.4. The van der Waals surface area contributed by atoms with Crippen molar-refractivity contribution in [3.8, 4) is 5.75 Å². The third-order valence-electron chi connectivity index (χ3n) is 5.05. The number of benzene rings is 3. The Hall–Kier alpha value is -3.69. The quantitative estimate of drug-likeness (QED) is 0.483. The molecule has 8 nitrogen and oxygen atoms in total. The van der Waals surface area contributed by atoms with E-state index >= 15 is 0 Å². The third-order valence-corrected chi connectivity index (χ3v) is 6.88. The second-order valence-electron chi connectivity index (χ2n) is 7.13. The average molecular weight is 469 g/mol. The largest absolute Gasteiger partial charge is 0.497 e. The Morgan fingerprint density at radius 1 is 0.909 bits per heavy atom. The van der Waals surface area contributed by atoms with Crippen molar-refractivity contribution in [2.24, 2.45) is 5.73 Å². The fraction of sp³-hybridized carbons (Fsp3) is 0.167.